The van der Waals surface area contributed by atoms with E-state index in [2.05, 4.69) is 5.10 Å². The Morgan fingerprint density at radius 2 is 2.10 bits per heavy atom. The van der Waals surface area contributed by atoms with Crippen LogP contribution >= 0.6 is 0 Å². The second-order valence-corrected chi connectivity index (χ2v) is 8.06. The molecule has 7 heteroatoms. The van der Waals surface area contributed by atoms with E-state index >= 15 is 0 Å². The molecule has 21 heavy (non-hydrogen) atoms. The molecule has 0 aromatic carbocycles. The number of aromatic nitrogens is 2. The Morgan fingerprint density at radius 3 is 2.57 bits per heavy atom. The third kappa shape index (κ3) is 3.45. The first-order valence-electron chi connectivity index (χ1n) is 7.16. The van der Waals surface area contributed by atoms with Gasteiger partial charge in [0, 0.05) is 32.3 Å². The molecular formula is C14H23N3O3S. The number of hydrogen-bond donors (Lipinski definition) is 0. The van der Waals surface area contributed by atoms with Gasteiger partial charge in [-0.2, -0.15) is 5.10 Å². The van der Waals surface area contributed by atoms with Crippen LogP contribution in [0.1, 0.15) is 29.8 Å². The number of carbonyl (C=O) groups excluding carboxylic acids is 1. The Labute approximate surface area is 126 Å². The molecule has 0 bridgehead atoms. The van der Waals surface area contributed by atoms with Crippen molar-refractivity contribution in [3.05, 3.63) is 17.0 Å². The molecule has 0 aliphatic carbocycles. The predicted molar refractivity (Wildman–Crippen MR) is 80.8 cm³/mol. The molecule has 6 nitrogen and oxygen atoms in total. The quantitative estimate of drug-likeness (QED) is 0.817. The van der Waals surface area contributed by atoms with Crippen LogP contribution in [-0.2, 0) is 28.1 Å². The fourth-order valence-electron chi connectivity index (χ4n) is 2.87. The summed E-state index contributed by atoms with van der Waals surface area (Å²) in [5, 5.41) is 4.34. The molecule has 0 unspecified atom stereocenters. The molecule has 1 aliphatic heterocycles. The normalized spacial score (nSPS) is 20.7. The van der Waals surface area contributed by atoms with Gasteiger partial charge in [-0.3, -0.25) is 9.48 Å². The number of aryl methyl sites for hydroxylation is 2. The van der Waals surface area contributed by atoms with Crippen LogP contribution in [0.15, 0.2) is 0 Å². The van der Waals surface area contributed by atoms with E-state index in [9.17, 15) is 13.2 Å². The molecule has 1 atom stereocenters. The Balaban J connectivity index is 1.96. The van der Waals surface area contributed by atoms with E-state index in [0.29, 0.717) is 19.3 Å². The maximum Gasteiger partial charge on any atom is 0.222 e. The zero-order chi connectivity index (χ0) is 15.8. The van der Waals surface area contributed by atoms with Gasteiger partial charge in [-0.15, -0.1) is 0 Å². The largest absolute Gasteiger partial charge is 0.342 e. The molecule has 1 aromatic heterocycles. The van der Waals surface area contributed by atoms with Gasteiger partial charge in [-0.1, -0.05) is 0 Å². The van der Waals surface area contributed by atoms with Gasteiger partial charge in [0.2, 0.25) is 5.91 Å². The Morgan fingerprint density at radius 1 is 1.43 bits per heavy atom. The van der Waals surface area contributed by atoms with Crippen LogP contribution in [0.3, 0.4) is 0 Å². The molecule has 1 amide bonds. The highest BCUT2D eigenvalue weighted by atomic mass is 32.2. The highest BCUT2D eigenvalue weighted by Crippen LogP contribution is 2.19. The standard InChI is InChI=1S/C14H23N3O3S/c1-10-13(11(2)17(4)15-10)5-6-14(18)16(3)12-7-8-21(19,20)9-12/h12H,5-9H2,1-4H3/t12-/m1/s1. The lowest BCUT2D eigenvalue weighted by Crippen LogP contribution is -2.37. The first kappa shape index (κ1) is 16.0. The molecule has 1 aliphatic rings. The third-order valence-corrected chi connectivity index (χ3v) is 6.15. The van der Waals surface area contributed by atoms with Crippen molar-refractivity contribution in [3.8, 4) is 0 Å². The summed E-state index contributed by atoms with van der Waals surface area (Å²) in [6, 6.07) is -0.168. The van der Waals surface area contributed by atoms with Gasteiger partial charge in [-0.05, 0) is 32.3 Å². The molecule has 2 rings (SSSR count). The van der Waals surface area contributed by atoms with Crippen molar-refractivity contribution in [2.75, 3.05) is 18.6 Å². The predicted octanol–water partition coefficient (Wildman–Crippen LogP) is 0.615. The van der Waals surface area contributed by atoms with Gasteiger partial charge in [0.05, 0.1) is 17.2 Å². The molecule has 1 aromatic rings. The fourth-order valence-corrected chi connectivity index (χ4v) is 4.65. The van der Waals surface area contributed by atoms with E-state index in [4.69, 9.17) is 0 Å². The maximum atomic E-state index is 12.2. The van der Waals surface area contributed by atoms with Crippen molar-refractivity contribution in [1.29, 1.82) is 0 Å². The fraction of sp³-hybridized carbons (Fsp3) is 0.714. The Bertz CT molecular complexity index is 649. The van der Waals surface area contributed by atoms with Crippen molar-refractivity contribution < 1.29 is 13.2 Å². The van der Waals surface area contributed by atoms with Crippen molar-refractivity contribution in [2.24, 2.45) is 7.05 Å². The SMILES string of the molecule is Cc1nn(C)c(C)c1CCC(=O)N(C)[C@@H]1CCS(=O)(=O)C1. The van der Waals surface area contributed by atoms with Crippen molar-refractivity contribution in [1.82, 2.24) is 14.7 Å². The minimum Gasteiger partial charge on any atom is -0.342 e. The molecule has 0 radical (unpaired) electrons. The number of nitrogens with zero attached hydrogens (tertiary/aromatic N) is 3. The zero-order valence-electron chi connectivity index (χ0n) is 13.1. The van der Waals surface area contributed by atoms with Gasteiger partial charge in [-0.25, -0.2) is 8.42 Å². The summed E-state index contributed by atoms with van der Waals surface area (Å²) in [5.41, 5.74) is 3.14. The number of carbonyl (C=O) groups is 1. The van der Waals surface area contributed by atoms with Crippen molar-refractivity contribution in [2.45, 2.75) is 39.2 Å². The second-order valence-electron chi connectivity index (χ2n) is 5.83. The lowest BCUT2D eigenvalue weighted by molar-refractivity contribution is -0.131. The first-order valence-corrected chi connectivity index (χ1v) is 8.98. The molecule has 1 saturated heterocycles. The Hall–Kier alpha value is -1.37. The van der Waals surface area contributed by atoms with Gasteiger partial charge < -0.3 is 4.90 Å². The summed E-state index contributed by atoms with van der Waals surface area (Å²) in [6.45, 7) is 3.94. The van der Waals surface area contributed by atoms with E-state index in [-0.39, 0.29) is 23.5 Å². The average molecular weight is 313 g/mol. The molecule has 0 spiro atoms. The van der Waals surface area contributed by atoms with Gasteiger partial charge in [0.15, 0.2) is 9.84 Å². The highest BCUT2D eigenvalue weighted by molar-refractivity contribution is 7.91. The molecule has 0 saturated carbocycles. The van der Waals surface area contributed by atoms with Gasteiger partial charge in [0.25, 0.3) is 0 Å². The van der Waals surface area contributed by atoms with Crippen LogP contribution in [-0.4, -0.2) is 53.6 Å². The molecular weight excluding hydrogens is 290 g/mol. The third-order valence-electron chi connectivity index (χ3n) is 4.40. The van der Waals surface area contributed by atoms with E-state index in [1.807, 2.05) is 25.6 Å². The van der Waals surface area contributed by atoms with Gasteiger partial charge in [0.1, 0.15) is 0 Å². The lowest BCUT2D eigenvalue weighted by atomic mass is 10.1. The molecule has 1 fully saturated rings. The summed E-state index contributed by atoms with van der Waals surface area (Å²) in [7, 11) is 0.639. The smallest absolute Gasteiger partial charge is 0.222 e. The second kappa shape index (κ2) is 5.79. The van der Waals surface area contributed by atoms with Crippen LogP contribution in [0.2, 0.25) is 0 Å². The lowest BCUT2D eigenvalue weighted by Gasteiger charge is -2.23. The summed E-state index contributed by atoms with van der Waals surface area (Å²) in [5.74, 6) is 0.288. The maximum absolute atomic E-state index is 12.2. The zero-order valence-corrected chi connectivity index (χ0v) is 13.9. The van der Waals surface area contributed by atoms with Crippen LogP contribution in [0.5, 0.6) is 0 Å². The topological polar surface area (TPSA) is 72.3 Å². The molecule has 118 valence electrons. The molecule has 0 N–H and O–H groups in total. The summed E-state index contributed by atoms with van der Waals surface area (Å²) < 4.78 is 24.8. The minimum atomic E-state index is -2.96. The van der Waals surface area contributed by atoms with E-state index in [0.717, 1.165) is 17.0 Å². The van der Waals surface area contributed by atoms with Gasteiger partial charge >= 0.3 is 0 Å². The Kier molecular flexibility index (Phi) is 4.41. The van der Waals surface area contributed by atoms with Crippen molar-refractivity contribution in [3.63, 3.8) is 0 Å². The summed E-state index contributed by atoms with van der Waals surface area (Å²) in [4.78, 5) is 13.9. The highest BCUT2D eigenvalue weighted by Gasteiger charge is 2.32. The van der Waals surface area contributed by atoms with Crippen LogP contribution in [0.25, 0.3) is 0 Å². The van der Waals surface area contributed by atoms with Crippen LogP contribution in [0.4, 0.5) is 0 Å². The first-order chi connectivity index (χ1) is 9.71. The number of sulfone groups is 1. The van der Waals surface area contributed by atoms with E-state index < -0.39 is 9.84 Å². The number of rotatable bonds is 4. The molecule has 2 heterocycles. The number of amides is 1. The minimum absolute atomic E-state index is 0.000229. The number of hydrogen-bond acceptors (Lipinski definition) is 4. The summed E-state index contributed by atoms with van der Waals surface area (Å²) >= 11 is 0. The summed E-state index contributed by atoms with van der Waals surface area (Å²) in [6.07, 6.45) is 1.59. The monoisotopic (exact) mass is 313 g/mol. The van der Waals surface area contributed by atoms with Crippen molar-refractivity contribution >= 4 is 15.7 Å². The van der Waals surface area contributed by atoms with Crippen LogP contribution in [0, 0.1) is 13.8 Å². The van der Waals surface area contributed by atoms with E-state index in [1.165, 1.54) is 0 Å². The average Bonchev–Trinajstić information content (AvgIpc) is 2.87. The van der Waals surface area contributed by atoms with E-state index in [1.54, 1.807) is 11.9 Å². The van der Waals surface area contributed by atoms with Crippen LogP contribution < -0.4 is 0 Å².